The Morgan fingerprint density at radius 1 is 0.970 bits per heavy atom. The molecule has 1 heterocycles. The molecule has 0 bridgehead atoms. The number of nitrogens with zero attached hydrogens (tertiary/aromatic N) is 2. The first-order chi connectivity index (χ1) is 16.0. The first kappa shape index (κ1) is 22.5. The van der Waals surface area contributed by atoms with Gasteiger partial charge in [0.15, 0.2) is 16.3 Å². The molecule has 0 aliphatic carbocycles. The molecule has 170 valence electrons. The van der Waals surface area contributed by atoms with Crippen LogP contribution in [0.1, 0.15) is 12.5 Å². The van der Waals surface area contributed by atoms with Gasteiger partial charge < -0.3 is 18.8 Å². The van der Waals surface area contributed by atoms with Gasteiger partial charge in [0.05, 0.1) is 37.5 Å². The molecule has 33 heavy (non-hydrogen) atoms. The van der Waals surface area contributed by atoms with E-state index in [1.807, 2.05) is 48.5 Å². The number of hydrogen-bond donors (Lipinski definition) is 0. The van der Waals surface area contributed by atoms with Crippen LogP contribution >= 0.6 is 11.3 Å². The number of rotatable bonds is 7. The first-order valence-corrected chi connectivity index (χ1v) is 11.3. The van der Waals surface area contributed by atoms with Crippen LogP contribution < -0.4 is 14.3 Å². The summed E-state index contributed by atoms with van der Waals surface area (Å²) in [7, 11) is 3.10. The molecule has 7 nitrogen and oxygen atoms in total. The lowest BCUT2D eigenvalue weighted by atomic mass is 10.1. The van der Waals surface area contributed by atoms with E-state index >= 15 is 0 Å². The van der Waals surface area contributed by atoms with Crippen molar-refractivity contribution >= 4 is 44.2 Å². The highest BCUT2D eigenvalue weighted by atomic mass is 32.1. The second-order valence-corrected chi connectivity index (χ2v) is 8.32. The molecule has 3 aromatic carbocycles. The second-order valence-electron chi connectivity index (χ2n) is 7.31. The van der Waals surface area contributed by atoms with E-state index in [9.17, 15) is 9.59 Å². The fourth-order valence-electron chi connectivity index (χ4n) is 3.64. The zero-order valence-corrected chi connectivity index (χ0v) is 19.5. The van der Waals surface area contributed by atoms with Gasteiger partial charge in [-0.1, -0.05) is 53.8 Å². The van der Waals surface area contributed by atoms with Crippen molar-refractivity contribution < 1.29 is 23.8 Å². The maximum atomic E-state index is 12.9. The third-order valence-electron chi connectivity index (χ3n) is 5.17. The van der Waals surface area contributed by atoms with E-state index in [4.69, 9.17) is 14.2 Å². The lowest BCUT2D eigenvalue weighted by Gasteiger charge is -2.09. The number of hydrogen-bond acceptors (Lipinski definition) is 6. The van der Waals surface area contributed by atoms with Crippen LogP contribution in [0.3, 0.4) is 0 Å². The highest BCUT2D eigenvalue weighted by molar-refractivity contribution is 7.16. The normalized spacial score (nSPS) is 11.7. The van der Waals surface area contributed by atoms with Crippen molar-refractivity contribution in [3.8, 4) is 11.5 Å². The molecule has 0 radical (unpaired) electrons. The van der Waals surface area contributed by atoms with E-state index in [1.165, 1.54) is 11.3 Å². The predicted octanol–water partition coefficient (Wildman–Crippen LogP) is 4.11. The summed E-state index contributed by atoms with van der Waals surface area (Å²) in [5.41, 5.74) is 1.59. The largest absolute Gasteiger partial charge is 0.493 e. The van der Waals surface area contributed by atoms with Crippen molar-refractivity contribution in [2.24, 2.45) is 4.99 Å². The molecule has 0 aliphatic rings. The molecule has 0 spiro atoms. The van der Waals surface area contributed by atoms with Crippen molar-refractivity contribution in [1.82, 2.24) is 4.57 Å². The number of ether oxygens (including phenoxy) is 3. The van der Waals surface area contributed by atoms with Gasteiger partial charge in [0, 0.05) is 12.1 Å². The number of esters is 1. The van der Waals surface area contributed by atoms with E-state index in [1.54, 1.807) is 31.8 Å². The Morgan fingerprint density at radius 3 is 2.42 bits per heavy atom. The summed E-state index contributed by atoms with van der Waals surface area (Å²) in [6, 6.07) is 17.5. The summed E-state index contributed by atoms with van der Waals surface area (Å²) >= 11 is 1.31. The Balaban J connectivity index is 1.74. The topological polar surface area (TPSA) is 79.1 Å². The highest BCUT2D eigenvalue weighted by Crippen LogP contribution is 2.33. The Kier molecular flexibility index (Phi) is 6.74. The molecule has 0 saturated heterocycles. The van der Waals surface area contributed by atoms with Crippen LogP contribution in [0, 0.1) is 0 Å². The maximum Gasteiger partial charge on any atom is 0.326 e. The van der Waals surface area contributed by atoms with Gasteiger partial charge in [0.2, 0.25) is 0 Å². The highest BCUT2D eigenvalue weighted by Gasteiger charge is 2.16. The monoisotopic (exact) mass is 464 g/mol. The molecule has 8 heteroatoms. The van der Waals surface area contributed by atoms with Gasteiger partial charge in [-0.3, -0.25) is 9.59 Å². The molecule has 0 unspecified atom stereocenters. The van der Waals surface area contributed by atoms with Gasteiger partial charge in [-0.2, -0.15) is 4.99 Å². The van der Waals surface area contributed by atoms with Crippen molar-refractivity contribution in [2.45, 2.75) is 19.9 Å². The molecule has 4 aromatic rings. The molecule has 4 rings (SSSR count). The number of carbonyl (C=O) groups excluding carboxylic acids is 2. The quantitative estimate of drug-likeness (QED) is 0.385. The van der Waals surface area contributed by atoms with Crippen LogP contribution in [-0.2, 0) is 27.3 Å². The van der Waals surface area contributed by atoms with Crippen molar-refractivity contribution in [2.75, 3.05) is 20.8 Å². The number of thiazole rings is 1. The zero-order valence-electron chi connectivity index (χ0n) is 18.7. The standard InChI is InChI=1S/C25H24N2O5S/c1-4-32-24(29)15-27-19-13-20(30-2)21(31-3)14-22(19)33-25(27)26-23(28)12-16-9-10-17-7-5-6-8-18(17)11-16/h5-11,13-14H,4,12,15H2,1-3H3. The number of carbonyl (C=O) groups is 2. The summed E-state index contributed by atoms with van der Waals surface area (Å²) in [6.07, 6.45) is 0.158. The number of fused-ring (bicyclic) bond motifs is 2. The minimum atomic E-state index is -0.407. The minimum Gasteiger partial charge on any atom is -0.493 e. The molecular formula is C25H24N2O5S. The van der Waals surface area contributed by atoms with Gasteiger partial charge in [-0.25, -0.2) is 0 Å². The summed E-state index contributed by atoms with van der Waals surface area (Å²) < 4.78 is 18.4. The molecule has 0 N–H and O–H groups in total. The summed E-state index contributed by atoms with van der Waals surface area (Å²) in [6.45, 7) is 1.96. The maximum absolute atomic E-state index is 12.9. The molecular weight excluding hydrogens is 440 g/mol. The van der Waals surface area contributed by atoms with Gasteiger partial charge in [0.1, 0.15) is 6.54 Å². The van der Waals surface area contributed by atoms with Gasteiger partial charge >= 0.3 is 5.97 Å². The molecule has 0 atom stereocenters. The van der Waals surface area contributed by atoms with Crippen molar-refractivity contribution in [3.63, 3.8) is 0 Å². The molecule has 0 saturated carbocycles. The van der Waals surface area contributed by atoms with Crippen LogP contribution in [0.15, 0.2) is 59.6 Å². The van der Waals surface area contributed by atoms with Crippen LogP contribution in [0.5, 0.6) is 11.5 Å². The van der Waals surface area contributed by atoms with Crippen LogP contribution in [0.4, 0.5) is 0 Å². The summed E-state index contributed by atoms with van der Waals surface area (Å²) in [5, 5.41) is 2.19. The second kappa shape index (κ2) is 9.87. The Morgan fingerprint density at radius 2 is 1.70 bits per heavy atom. The average Bonchev–Trinajstić information content (AvgIpc) is 3.13. The fourth-order valence-corrected chi connectivity index (χ4v) is 4.70. The average molecular weight is 465 g/mol. The van der Waals surface area contributed by atoms with Crippen molar-refractivity contribution in [3.05, 3.63) is 65.0 Å². The van der Waals surface area contributed by atoms with Crippen LogP contribution in [-0.4, -0.2) is 37.3 Å². The smallest absolute Gasteiger partial charge is 0.326 e. The van der Waals surface area contributed by atoms with E-state index < -0.39 is 5.97 Å². The third kappa shape index (κ3) is 4.90. The zero-order chi connectivity index (χ0) is 23.4. The molecule has 0 fully saturated rings. The van der Waals surface area contributed by atoms with E-state index in [-0.39, 0.29) is 25.5 Å². The minimum absolute atomic E-state index is 0.0641. The van der Waals surface area contributed by atoms with E-state index in [0.29, 0.717) is 21.8 Å². The number of amides is 1. The molecule has 1 aromatic heterocycles. The summed E-state index contributed by atoms with van der Waals surface area (Å²) in [5.74, 6) is 0.377. The molecule has 1 amide bonds. The Bertz CT molecular complexity index is 1400. The lowest BCUT2D eigenvalue weighted by molar-refractivity contribution is -0.143. The molecule has 0 aliphatic heterocycles. The lowest BCUT2D eigenvalue weighted by Crippen LogP contribution is -2.23. The predicted molar refractivity (Wildman–Crippen MR) is 128 cm³/mol. The SMILES string of the molecule is CCOC(=O)Cn1c(=NC(=O)Cc2ccc3ccccc3c2)sc2cc(OC)c(OC)cc21. The Hall–Kier alpha value is -3.65. The first-order valence-electron chi connectivity index (χ1n) is 10.5. The van der Waals surface area contributed by atoms with Crippen molar-refractivity contribution in [1.29, 1.82) is 0 Å². The number of aromatic nitrogens is 1. The number of benzene rings is 3. The van der Waals surface area contributed by atoms with Gasteiger partial charge in [-0.05, 0) is 23.3 Å². The third-order valence-corrected chi connectivity index (χ3v) is 6.21. The fraction of sp³-hybridized carbons (Fsp3) is 0.240. The van der Waals surface area contributed by atoms with Crippen LogP contribution in [0.2, 0.25) is 0 Å². The van der Waals surface area contributed by atoms with Gasteiger partial charge in [0.25, 0.3) is 5.91 Å². The number of methoxy groups -OCH3 is 2. The van der Waals surface area contributed by atoms with Gasteiger partial charge in [-0.15, -0.1) is 0 Å². The van der Waals surface area contributed by atoms with Crippen LogP contribution in [0.25, 0.3) is 21.0 Å². The Labute approximate surface area is 194 Å². The van der Waals surface area contributed by atoms with E-state index in [0.717, 1.165) is 21.0 Å². The van der Waals surface area contributed by atoms with E-state index in [2.05, 4.69) is 4.99 Å². The summed E-state index contributed by atoms with van der Waals surface area (Å²) in [4.78, 5) is 29.9.